The molecule has 0 fully saturated rings. The Hall–Kier alpha value is -2.21. The van der Waals surface area contributed by atoms with Gasteiger partial charge in [-0.15, -0.1) is 0 Å². The highest BCUT2D eigenvalue weighted by Crippen LogP contribution is 2.29. The third-order valence-electron chi connectivity index (χ3n) is 3.28. The van der Waals surface area contributed by atoms with Crippen LogP contribution in [0.5, 0.6) is 5.88 Å². The second-order valence-corrected chi connectivity index (χ2v) is 4.62. The highest BCUT2D eigenvalue weighted by molar-refractivity contribution is 5.82. The molecule has 0 aliphatic carbocycles. The van der Waals surface area contributed by atoms with E-state index in [2.05, 4.69) is 15.0 Å². The molecule has 2 aromatic rings. The van der Waals surface area contributed by atoms with Crippen LogP contribution in [0.1, 0.15) is 17.8 Å². The molecule has 0 saturated heterocycles. The molecule has 0 atom stereocenters. The Balaban J connectivity index is 2.26. The third kappa shape index (κ3) is 2.18. The largest absolute Gasteiger partial charge is 0.481 e. The number of methoxy groups -OCH3 is 1. The maximum absolute atomic E-state index is 12.0. The Kier molecular flexibility index (Phi) is 3.23. The van der Waals surface area contributed by atoms with Gasteiger partial charge in [-0.2, -0.15) is 4.98 Å². The lowest BCUT2D eigenvalue weighted by molar-refractivity contribution is 0.161. The molecule has 0 unspecified atom stereocenters. The highest BCUT2D eigenvalue weighted by atomic mass is 16.5. The quantitative estimate of drug-likeness (QED) is 0.895. The minimum atomic E-state index is -0.184. The van der Waals surface area contributed by atoms with E-state index in [0.717, 1.165) is 17.6 Å². The number of nitrogens with one attached hydrogen (secondary N) is 1. The summed E-state index contributed by atoms with van der Waals surface area (Å²) in [5.41, 5.74) is 2.14. The van der Waals surface area contributed by atoms with Gasteiger partial charge in [0.05, 0.1) is 25.7 Å². The van der Waals surface area contributed by atoms with Crippen LogP contribution in [0.25, 0.3) is 16.6 Å². The molecule has 0 aromatic carbocycles. The first-order valence-corrected chi connectivity index (χ1v) is 6.42. The molecule has 0 amide bonds. The zero-order valence-corrected chi connectivity index (χ0v) is 11.4. The average molecular weight is 273 g/mol. The van der Waals surface area contributed by atoms with Gasteiger partial charge in [0.15, 0.2) is 5.65 Å². The van der Waals surface area contributed by atoms with Crippen molar-refractivity contribution in [1.82, 2.24) is 15.0 Å². The van der Waals surface area contributed by atoms with Crippen molar-refractivity contribution in [3.8, 4) is 5.88 Å². The van der Waals surface area contributed by atoms with Crippen LogP contribution in [0.15, 0.2) is 16.9 Å². The summed E-state index contributed by atoms with van der Waals surface area (Å²) in [6.07, 6.45) is 2.77. The zero-order chi connectivity index (χ0) is 14.1. The predicted molar refractivity (Wildman–Crippen MR) is 74.9 cm³/mol. The Morgan fingerprint density at radius 3 is 2.95 bits per heavy atom. The number of hydrogen-bond acceptors (Lipinski definition) is 5. The summed E-state index contributed by atoms with van der Waals surface area (Å²) < 4.78 is 10.6. The number of ether oxygens (including phenoxy) is 2. The van der Waals surface area contributed by atoms with Crippen molar-refractivity contribution in [3.63, 3.8) is 0 Å². The number of H-pyrrole nitrogens is 1. The monoisotopic (exact) mass is 273 g/mol. The van der Waals surface area contributed by atoms with E-state index < -0.39 is 0 Å². The van der Waals surface area contributed by atoms with Gasteiger partial charge in [-0.1, -0.05) is 6.08 Å². The molecule has 20 heavy (non-hydrogen) atoms. The van der Waals surface area contributed by atoms with E-state index in [4.69, 9.17) is 9.47 Å². The second-order valence-electron chi connectivity index (χ2n) is 4.62. The number of aromatic amines is 1. The number of nitrogens with zero attached hydrogens (tertiary/aromatic N) is 2. The third-order valence-corrected chi connectivity index (χ3v) is 3.28. The van der Waals surface area contributed by atoms with E-state index in [0.29, 0.717) is 36.0 Å². The van der Waals surface area contributed by atoms with Crippen molar-refractivity contribution < 1.29 is 9.47 Å². The van der Waals surface area contributed by atoms with Gasteiger partial charge in [0.1, 0.15) is 5.82 Å². The molecule has 1 N–H and O–H groups in total. The van der Waals surface area contributed by atoms with Crippen LogP contribution in [-0.2, 0) is 4.74 Å². The molecule has 2 aromatic heterocycles. The zero-order valence-electron chi connectivity index (χ0n) is 11.4. The molecule has 1 aliphatic heterocycles. The molecule has 3 heterocycles. The lowest BCUT2D eigenvalue weighted by atomic mass is 10.0. The fourth-order valence-corrected chi connectivity index (χ4v) is 2.32. The van der Waals surface area contributed by atoms with Crippen molar-refractivity contribution in [2.75, 3.05) is 20.3 Å². The van der Waals surface area contributed by atoms with Gasteiger partial charge in [0, 0.05) is 5.56 Å². The van der Waals surface area contributed by atoms with Crippen LogP contribution in [-0.4, -0.2) is 35.3 Å². The fraction of sp³-hybridized carbons (Fsp3) is 0.357. The molecular weight excluding hydrogens is 258 g/mol. The van der Waals surface area contributed by atoms with Gasteiger partial charge in [-0.3, -0.25) is 4.79 Å². The van der Waals surface area contributed by atoms with Crippen LogP contribution in [0.2, 0.25) is 0 Å². The lowest BCUT2D eigenvalue weighted by Crippen LogP contribution is -2.12. The first kappa shape index (κ1) is 12.8. The van der Waals surface area contributed by atoms with Gasteiger partial charge in [-0.25, -0.2) is 4.98 Å². The van der Waals surface area contributed by atoms with Crippen LogP contribution in [0.3, 0.4) is 0 Å². The minimum Gasteiger partial charge on any atom is -0.481 e. The molecule has 104 valence electrons. The minimum absolute atomic E-state index is 0.184. The smallest absolute Gasteiger partial charge is 0.260 e. The number of rotatable bonds is 2. The summed E-state index contributed by atoms with van der Waals surface area (Å²) in [7, 11) is 1.57. The summed E-state index contributed by atoms with van der Waals surface area (Å²) in [6.45, 7) is 2.96. The SMILES string of the molecule is COc1nc2nc(C)[nH]c(=O)c2cc1C1=CCOCC1. The lowest BCUT2D eigenvalue weighted by Gasteiger charge is -2.16. The van der Waals surface area contributed by atoms with E-state index in [1.807, 2.05) is 6.08 Å². The molecule has 0 saturated carbocycles. The number of aryl methyl sites for hydroxylation is 1. The molecule has 6 heteroatoms. The van der Waals surface area contributed by atoms with Crippen LogP contribution in [0, 0.1) is 6.92 Å². The van der Waals surface area contributed by atoms with E-state index >= 15 is 0 Å². The molecule has 6 nitrogen and oxygen atoms in total. The Morgan fingerprint density at radius 2 is 2.25 bits per heavy atom. The van der Waals surface area contributed by atoms with Crippen LogP contribution < -0.4 is 10.3 Å². The Labute approximate surface area is 115 Å². The van der Waals surface area contributed by atoms with Crippen LogP contribution in [0.4, 0.5) is 0 Å². The average Bonchev–Trinajstić information content (AvgIpc) is 2.46. The van der Waals surface area contributed by atoms with E-state index in [9.17, 15) is 4.79 Å². The molecule has 1 aliphatic rings. The summed E-state index contributed by atoms with van der Waals surface area (Å²) in [4.78, 5) is 23.3. The Bertz CT molecular complexity index is 749. The predicted octanol–water partition coefficient (Wildman–Crippen LogP) is 1.44. The van der Waals surface area contributed by atoms with Crippen molar-refractivity contribution in [3.05, 3.63) is 33.9 Å². The first-order valence-electron chi connectivity index (χ1n) is 6.42. The van der Waals surface area contributed by atoms with Crippen LogP contribution >= 0.6 is 0 Å². The molecule has 0 bridgehead atoms. The van der Waals surface area contributed by atoms with E-state index in [-0.39, 0.29) is 5.56 Å². The summed E-state index contributed by atoms with van der Waals surface area (Å²) in [6, 6.07) is 1.80. The Morgan fingerprint density at radius 1 is 1.40 bits per heavy atom. The molecule has 3 rings (SSSR count). The van der Waals surface area contributed by atoms with Gasteiger partial charge >= 0.3 is 0 Å². The summed E-state index contributed by atoms with van der Waals surface area (Å²) in [5, 5.41) is 0.471. The summed E-state index contributed by atoms with van der Waals surface area (Å²) >= 11 is 0. The number of pyridine rings is 1. The number of aromatic nitrogens is 3. The fourth-order valence-electron chi connectivity index (χ4n) is 2.32. The molecule has 0 radical (unpaired) electrons. The summed E-state index contributed by atoms with van der Waals surface area (Å²) in [5.74, 6) is 1.03. The van der Waals surface area contributed by atoms with Gasteiger partial charge in [0.2, 0.25) is 5.88 Å². The van der Waals surface area contributed by atoms with Crippen molar-refractivity contribution in [1.29, 1.82) is 0 Å². The standard InChI is InChI=1S/C14H15N3O3/c1-8-15-12-11(13(18)16-8)7-10(14(17-12)19-2)9-3-5-20-6-4-9/h3,7H,4-6H2,1-2H3,(H,15,16,17,18). The normalized spacial score (nSPS) is 15.2. The maximum Gasteiger partial charge on any atom is 0.260 e. The van der Waals surface area contributed by atoms with Crippen molar-refractivity contribution in [2.24, 2.45) is 0 Å². The van der Waals surface area contributed by atoms with E-state index in [1.54, 1.807) is 20.1 Å². The second kappa shape index (κ2) is 5.05. The molecule has 0 spiro atoms. The van der Waals surface area contributed by atoms with Gasteiger partial charge in [0.25, 0.3) is 5.56 Å². The topological polar surface area (TPSA) is 77.1 Å². The highest BCUT2D eigenvalue weighted by Gasteiger charge is 2.16. The van der Waals surface area contributed by atoms with Gasteiger partial charge in [-0.05, 0) is 25.0 Å². The number of fused-ring (bicyclic) bond motifs is 1. The molecular formula is C14H15N3O3. The number of hydrogen-bond donors (Lipinski definition) is 1. The van der Waals surface area contributed by atoms with Crippen molar-refractivity contribution >= 4 is 16.6 Å². The van der Waals surface area contributed by atoms with Gasteiger partial charge < -0.3 is 14.5 Å². The first-order chi connectivity index (χ1) is 9.69. The van der Waals surface area contributed by atoms with E-state index in [1.165, 1.54) is 0 Å². The maximum atomic E-state index is 12.0. The van der Waals surface area contributed by atoms with Crippen molar-refractivity contribution in [2.45, 2.75) is 13.3 Å².